The fraction of sp³-hybridized carbons (Fsp3) is 0.800. The number of carbonyl (C=O) groups is 1. The maximum atomic E-state index is 10.9. The monoisotopic (exact) mass is 236 g/mol. The van der Waals surface area contributed by atoms with E-state index in [2.05, 4.69) is 27.4 Å². The van der Waals surface area contributed by atoms with Crippen molar-refractivity contribution < 1.29 is 9.90 Å². The van der Waals surface area contributed by atoms with E-state index in [4.69, 9.17) is 5.11 Å². The van der Waals surface area contributed by atoms with Crippen molar-refractivity contribution in [2.75, 3.05) is 0 Å². The maximum absolute atomic E-state index is 10.9. The predicted octanol–water partition coefficient (Wildman–Crippen LogP) is 3.73. The molecule has 0 radical (unpaired) electrons. The summed E-state index contributed by atoms with van der Waals surface area (Å²) in [5.74, 6) is 2.06. The summed E-state index contributed by atoms with van der Waals surface area (Å²) in [6.07, 6.45) is 4.63. The Morgan fingerprint density at radius 3 is 2.65 bits per heavy atom. The van der Waals surface area contributed by atoms with Crippen molar-refractivity contribution in [3.8, 4) is 0 Å². The van der Waals surface area contributed by atoms with E-state index in [-0.39, 0.29) is 0 Å². The Kier molecular flexibility index (Phi) is 3.09. The van der Waals surface area contributed by atoms with Crippen LogP contribution in [0.25, 0.3) is 0 Å². The van der Waals surface area contributed by atoms with Crippen LogP contribution in [0.1, 0.15) is 46.5 Å². The number of carboxylic acids is 1. The lowest BCUT2D eigenvalue weighted by Gasteiger charge is -2.62. The summed E-state index contributed by atoms with van der Waals surface area (Å²) < 4.78 is 0. The van der Waals surface area contributed by atoms with E-state index >= 15 is 0 Å². The zero-order chi connectivity index (χ0) is 12.8. The Hall–Kier alpha value is -0.790. The van der Waals surface area contributed by atoms with Gasteiger partial charge in [0, 0.05) is 5.57 Å². The minimum absolute atomic E-state index is 0.309. The Morgan fingerprint density at radius 1 is 1.41 bits per heavy atom. The van der Waals surface area contributed by atoms with Gasteiger partial charge in [-0.15, -0.1) is 0 Å². The van der Waals surface area contributed by atoms with Crippen LogP contribution in [0.5, 0.6) is 0 Å². The van der Waals surface area contributed by atoms with Crippen molar-refractivity contribution in [2.45, 2.75) is 46.5 Å². The van der Waals surface area contributed by atoms with Crippen molar-refractivity contribution in [3.63, 3.8) is 0 Å². The largest absolute Gasteiger partial charge is 0.478 e. The molecule has 2 saturated carbocycles. The van der Waals surface area contributed by atoms with Gasteiger partial charge >= 0.3 is 5.97 Å². The zero-order valence-electron chi connectivity index (χ0n) is 11.2. The molecule has 4 atom stereocenters. The van der Waals surface area contributed by atoms with Gasteiger partial charge in [0.15, 0.2) is 0 Å². The van der Waals surface area contributed by atoms with Crippen LogP contribution in [0.3, 0.4) is 0 Å². The smallest absolute Gasteiger partial charge is 0.330 e. The Labute approximate surface area is 104 Å². The molecule has 96 valence electrons. The topological polar surface area (TPSA) is 37.3 Å². The van der Waals surface area contributed by atoms with E-state index in [0.29, 0.717) is 23.3 Å². The van der Waals surface area contributed by atoms with Crippen molar-refractivity contribution >= 4 is 5.97 Å². The number of carboxylic acid groups (broad SMARTS) is 1. The highest BCUT2D eigenvalue weighted by Crippen LogP contribution is 2.63. The van der Waals surface area contributed by atoms with Crippen LogP contribution < -0.4 is 0 Å². The summed E-state index contributed by atoms with van der Waals surface area (Å²) >= 11 is 0. The molecule has 0 heterocycles. The van der Waals surface area contributed by atoms with Crippen molar-refractivity contribution in [1.29, 1.82) is 0 Å². The van der Waals surface area contributed by atoms with Crippen LogP contribution >= 0.6 is 0 Å². The lowest BCUT2D eigenvalue weighted by atomic mass is 9.43. The molecule has 17 heavy (non-hydrogen) atoms. The average molecular weight is 236 g/mol. The molecule has 0 spiro atoms. The zero-order valence-corrected chi connectivity index (χ0v) is 11.2. The number of rotatable bonds is 3. The molecule has 2 aliphatic carbocycles. The van der Waals surface area contributed by atoms with Crippen molar-refractivity contribution in [1.82, 2.24) is 0 Å². The second-order valence-electron chi connectivity index (χ2n) is 6.73. The molecule has 2 aliphatic rings. The van der Waals surface area contributed by atoms with Crippen LogP contribution in [-0.2, 0) is 4.79 Å². The van der Waals surface area contributed by atoms with E-state index in [0.717, 1.165) is 17.8 Å². The molecule has 0 aliphatic heterocycles. The van der Waals surface area contributed by atoms with Gasteiger partial charge in [-0.25, -0.2) is 4.79 Å². The fourth-order valence-corrected chi connectivity index (χ4v) is 4.27. The normalized spacial score (nSPS) is 39.0. The Bertz CT molecular complexity index is 343. The molecule has 0 saturated heterocycles. The van der Waals surface area contributed by atoms with E-state index in [1.54, 1.807) is 0 Å². The Morgan fingerprint density at radius 2 is 2.06 bits per heavy atom. The van der Waals surface area contributed by atoms with Gasteiger partial charge in [-0.3, -0.25) is 0 Å². The van der Waals surface area contributed by atoms with Crippen LogP contribution in [0, 0.1) is 29.1 Å². The molecule has 0 amide bonds. The second-order valence-corrected chi connectivity index (χ2v) is 6.73. The molecular weight excluding hydrogens is 212 g/mol. The van der Waals surface area contributed by atoms with Crippen molar-refractivity contribution in [2.24, 2.45) is 29.1 Å². The van der Waals surface area contributed by atoms with Gasteiger partial charge in [-0.05, 0) is 48.3 Å². The predicted molar refractivity (Wildman–Crippen MR) is 68.7 cm³/mol. The van der Waals surface area contributed by atoms with Crippen LogP contribution in [0.4, 0.5) is 0 Å². The molecule has 1 N–H and O–H groups in total. The molecule has 0 aromatic carbocycles. The van der Waals surface area contributed by atoms with Gasteiger partial charge in [0.25, 0.3) is 0 Å². The molecule has 2 rings (SSSR count). The molecule has 0 aromatic rings. The first-order valence-corrected chi connectivity index (χ1v) is 6.75. The van der Waals surface area contributed by atoms with Crippen LogP contribution in [0.2, 0.25) is 0 Å². The van der Waals surface area contributed by atoms with Gasteiger partial charge in [0.1, 0.15) is 0 Å². The minimum atomic E-state index is -0.826. The number of aliphatic carboxylic acids is 1. The maximum Gasteiger partial charge on any atom is 0.330 e. The first-order valence-electron chi connectivity index (χ1n) is 6.75. The van der Waals surface area contributed by atoms with E-state index in [1.165, 1.54) is 19.3 Å². The fourth-order valence-electron chi connectivity index (χ4n) is 4.27. The van der Waals surface area contributed by atoms with Gasteiger partial charge < -0.3 is 5.11 Å². The molecule has 0 unspecified atom stereocenters. The summed E-state index contributed by atoms with van der Waals surface area (Å²) in [4.78, 5) is 10.9. The molecule has 2 fully saturated rings. The first kappa shape index (κ1) is 12.7. The number of hydrogen-bond acceptors (Lipinski definition) is 1. The molecule has 2 nitrogen and oxygen atoms in total. The average Bonchev–Trinajstić information content (AvgIpc) is 2.24. The molecule has 2 heteroatoms. The third-order valence-electron chi connectivity index (χ3n) is 5.36. The van der Waals surface area contributed by atoms with Gasteiger partial charge in [0.2, 0.25) is 0 Å². The highest BCUT2D eigenvalue weighted by molar-refractivity contribution is 5.85. The summed E-state index contributed by atoms with van der Waals surface area (Å²) in [5.41, 5.74) is 0.697. The minimum Gasteiger partial charge on any atom is -0.478 e. The molecular formula is C15H24O2. The summed E-state index contributed by atoms with van der Waals surface area (Å²) in [6.45, 7) is 10.6. The quantitative estimate of drug-likeness (QED) is 0.758. The third kappa shape index (κ3) is 2.02. The summed E-state index contributed by atoms with van der Waals surface area (Å²) in [6, 6.07) is 0. The number of fused-ring (bicyclic) bond motifs is 1. The van der Waals surface area contributed by atoms with Crippen molar-refractivity contribution in [3.05, 3.63) is 12.2 Å². The van der Waals surface area contributed by atoms with E-state index in [1.807, 2.05) is 0 Å². The van der Waals surface area contributed by atoms with Crippen LogP contribution in [-0.4, -0.2) is 11.1 Å². The Balaban J connectivity index is 2.06. The highest BCUT2D eigenvalue weighted by Gasteiger charge is 2.56. The third-order valence-corrected chi connectivity index (χ3v) is 5.36. The highest BCUT2D eigenvalue weighted by atomic mass is 16.4. The first-order chi connectivity index (χ1) is 7.84. The van der Waals surface area contributed by atoms with Gasteiger partial charge in [-0.1, -0.05) is 33.8 Å². The lowest BCUT2D eigenvalue weighted by molar-refractivity contribution is -0.140. The second kappa shape index (κ2) is 4.15. The molecule has 0 bridgehead atoms. The van der Waals surface area contributed by atoms with Gasteiger partial charge in [0.05, 0.1) is 0 Å². The van der Waals surface area contributed by atoms with E-state index < -0.39 is 5.97 Å². The molecule has 0 aromatic heterocycles. The van der Waals surface area contributed by atoms with Gasteiger partial charge in [-0.2, -0.15) is 0 Å². The standard InChI is InChI=1S/C15H24O2/c1-9-5-6-12-11(7-9)13(15(12,3)4)8-10(2)14(16)17/h9,11-13H,2,5-8H2,1,3-4H3,(H,16,17)/t9-,11+,12-,13-/m0/s1. The SMILES string of the molecule is C=C(C[C@H]1[C@@H]2C[C@@H](C)CC[C@@H]2C1(C)C)C(=O)O. The van der Waals surface area contributed by atoms with E-state index in [9.17, 15) is 4.79 Å². The lowest BCUT2D eigenvalue weighted by Crippen LogP contribution is -2.55. The summed E-state index contributed by atoms with van der Waals surface area (Å²) in [5, 5.41) is 8.97. The summed E-state index contributed by atoms with van der Waals surface area (Å²) in [7, 11) is 0. The number of hydrogen-bond donors (Lipinski definition) is 1. The van der Waals surface area contributed by atoms with Crippen LogP contribution in [0.15, 0.2) is 12.2 Å².